The molecular weight excluding hydrogens is 331 g/mol. The summed E-state index contributed by atoms with van der Waals surface area (Å²) in [7, 11) is 0. The first-order valence-electron chi connectivity index (χ1n) is 8.91. The van der Waals surface area contributed by atoms with E-state index < -0.39 is 5.82 Å². The molecule has 0 aromatic heterocycles. The molecule has 136 valence electrons. The predicted molar refractivity (Wildman–Crippen MR) is 98.4 cm³/mol. The van der Waals surface area contributed by atoms with E-state index in [2.05, 4.69) is 0 Å². The number of amides is 2. The van der Waals surface area contributed by atoms with Crippen molar-refractivity contribution in [3.05, 3.63) is 71.0 Å². The molecule has 0 spiro atoms. The average Bonchev–Trinajstić information content (AvgIpc) is 2.87. The van der Waals surface area contributed by atoms with Crippen molar-refractivity contribution in [3.63, 3.8) is 0 Å². The van der Waals surface area contributed by atoms with Crippen LogP contribution < -0.4 is 0 Å². The van der Waals surface area contributed by atoms with E-state index in [1.807, 2.05) is 36.1 Å². The number of carbonyl (C=O) groups excluding carboxylic acids is 2. The van der Waals surface area contributed by atoms with Gasteiger partial charge < -0.3 is 9.80 Å². The van der Waals surface area contributed by atoms with Crippen molar-refractivity contribution in [2.45, 2.75) is 19.8 Å². The Kier molecular flexibility index (Phi) is 5.66. The first kappa shape index (κ1) is 18.1. The summed E-state index contributed by atoms with van der Waals surface area (Å²) in [5.74, 6) is -0.520. The highest BCUT2D eigenvalue weighted by Crippen LogP contribution is 2.12. The fourth-order valence-electron chi connectivity index (χ4n) is 3.28. The summed E-state index contributed by atoms with van der Waals surface area (Å²) in [6, 6.07) is 13.7. The van der Waals surface area contributed by atoms with E-state index in [9.17, 15) is 14.0 Å². The van der Waals surface area contributed by atoms with E-state index in [0.29, 0.717) is 38.2 Å². The van der Waals surface area contributed by atoms with Crippen LogP contribution in [0, 0.1) is 12.7 Å². The Morgan fingerprint density at radius 3 is 2.46 bits per heavy atom. The lowest BCUT2D eigenvalue weighted by atomic mass is 10.1. The third-order valence-electron chi connectivity index (χ3n) is 4.65. The number of aryl methyl sites for hydroxylation is 1. The second-order valence-corrected chi connectivity index (χ2v) is 6.70. The Morgan fingerprint density at radius 1 is 0.962 bits per heavy atom. The van der Waals surface area contributed by atoms with Crippen LogP contribution in [0.4, 0.5) is 4.39 Å². The third-order valence-corrected chi connectivity index (χ3v) is 4.65. The zero-order valence-corrected chi connectivity index (χ0v) is 15.0. The number of nitrogens with zero attached hydrogens (tertiary/aromatic N) is 2. The Labute approximate surface area is 153 Å². The maximum atomic E-state index is 13.4. The van der Waals surface area contributed by atoms with Crippen LogP contribution in [-0.2, 0) is 11.2 Å². The van der Waals surface area contributed by atoms with Gasteiger partial charge in [0.25, 0.3) is 5.91 Å². The molecule has 26 heavy (non-hydrogen) atoms. The quantitative estimate of drug-likeness (QED) is 0.850. The lowest BCUT2D eigenvalue weighted by molar-refractivity contribution is -0.130. The maximum absolute atomic E-state index is 13.4. The van der Waals surface area contributed by atoms with Gasteiger partial charge in [-0.15, -0.1) is 0 Å². The molecular formula is C21H23FN2O2. The van der Waals surface area contributed by atoms with Crippen molar-refractivity contribution < 1.29 is 14.0 Å². The number of carbonyl (C=O) groups is 2. The Bertz CT molecular complexity index is 806. The molecule has 1 fully saturated rings. The summed E-state index contributed by atoms with van der Waals surface area (Å²) in [5.41, 5.74) is 2.49. The Hall–Kier alpha value is -2.69. The number of hydrogen-bond donors (Lipinski definition) is 0. The largest absolute Gasteiger partial charge is 0.341 e. The van der Waals surface area contributed by atoms with Crippen molar-refractivity contribution in [1.82, 2.24) is 9.80 Å². The van der Waals surface area contributed by atoms with E-state index in [1.54, 1.807) is 11.0 Å². The van der Waals surface area contributed by atoms with Gasteiger partial charge in [0.15, 0.2) is 0 Å². The van der Waals surface area contributed by atoms with E-state index >= 15 is 0 Å². The SMILES string of the molecule is Cc1cccc(CC(=O)N2CCCN(C(=O)c3cccc(F)c3)CC2)c1. The minimum absolute atomic E-state index is 0.0793. The van der Waals surface area contributed by atoms with Gasteiger partial charge in [-0.2, -0.15) is 0 Å². The molecule has 1 aliphatic rings. The normalized spacial score (nSPS) is 14.8. The zero-order valence-electron chi connectivity index (χ0n) is 15.0. The van der Waals surface area contributed by atoms with E-state index in [0.717, 1.165) is 17.5 Å². The molecule has 1 saturated heterocycles. The standard InChI is InChI=1S/C21H23FN2O2/c1-16-5-2-6-17(13-16)14-20(25)23-9-4-10-24(12-11-23)21(26)18-7-3-8-19(22)15-18/h2-3,5-8,13,15H,4,9-12,14H2,1H3. The van der Waals surface area contributed by atoms with Gasteiger partial charge in [-0.05, 0) is 37.1 Å². The molecule has 1 aliphatic heterocycles. The number of halogens is 1. The first-order chi connectivity index (χ1) is 12.5. The van der Waals surface area contributed by atoms with E-state index in [1.165, 1.54) is 18.2 Å². The van der Waals surface area contributed by atoms with Gasteiger partial charge in [-0.3, -0.25) is 9.59 Å². The summed E-state index contributed by atoms with van der Waals surface area (Å²) >= 11 is 0. The van der Waals surface area contributed by atoms with Crippen LogP contribution in [0.2, 0.25) is 0 Å². The monoisotopic (exact) mass is 354 g/mol. The smallest absolute Gasteiger partial charge is 0.254 e. The molecule has 3 rings (SSSR count). The van der Waals surface area contributed by atoms with Crippen LogP contribution in [0.5, 0.6) is 0 Å². The van der Waals surface area contributed by atoms with Gasteiger partial charge >= 0.3 is 0 Å². The molecule has 0 unspecified atom stereocenters. The molecule has 0 saturated carbocycles. The molecule has 1 heterocycles. The van der Waals surface area contributed by atoms with E-state index in [4.69, 9.17) is 0 Å². The topological polar surface area (TPSA) is 40.6 Å². The van der Waals surface area contributed by atoms with Gasteiger partial charge in [0.2, 0.25) is 5.91 Å². The molecule has 2 aromatic carbocycles. The number of hydrogen-bond acceptors (Lipinski definition) is 2. The second-order valence-electron chi connectivity index (χ2n) is 6.70. The van der Waals surface area contributed by atoms with Crippen LogP contribution in [0.3, 0.4) is 0 Å². The highest BCUT2D eigenvalue weighted by molar-refractivity contribution is 5.94. The minimum atomic E-state index is -0.416. The summed E-state index contributed by atoms with van der Waals surface area (Å²) in [6.45, 7) is 4.19. The first-order valence-corrected chi connectivity index (χ1v) is 8.91. The fraction of sp³-hybridized carbons (Fsp3) is 0.333. The van der Waals surface area contributed by atoms with Crippen molar-refractivity contribution in [1.29, 1.82) is 0 Å². The van der Waals surface area contributed by atoms with Crippen LogP contribution in [0.15, 0.2) is 48.5 Å². The summed E-state index contributed by atoms with van der Waals surface area (Å²) < 4.78 is 13.4. The molecule has 5 heteroatoms. The molecule has 0 aliphatic carbocycles. The number of rotatable bonds is 3. The molecule has 0 radical (unpaired) electrons. The minimum Gasteiger partial charge on any atom is -0.341 e. The van der Waals surface area contributed by atoms with E-state index in [-0.39, 0.29) is 11.8 Å². The van der Waals surface area contributed by atoms with Gasteiger partial charge in [0, 0.05) is 31.7 Å². The fourth-order valence-corrected chi connectivity index (χ4v) is 3.28. The molecule has 2 amide bonds. The van der Waals surface area contributed by atoms with Gasteiger partial charge in [0.1, 0.15) is 5.82 Å². The highest BCUT2D eigenvalue weighted by Gasteiger charge is 2.23. The van der Waals surface area contributed by atoms with Crippen molar-refractivity contribution in [2.75, 3.05) is 26.2 Å². The Morgan fingerprint density at radius 2 is 1.69 bits per heavy atom. The van der Waals surface area contributed by atoms with Crippen LogP contribution in [0.1, 0.15) is 27.9 Å². The van der Waals surface area contributed by atoms with Crippen molar-refractivity contribution >= 4 is 11.8 Å². The van der Waals surface area contributed by atoms with Gasteiger partial charge in [-0.1, -0.05) is 35.9 Å². The van der Waals surface area contributed by atoms with Crippen molar-refractivity contribution in [3.8, 4) is 0 Å². The molecule has 2 aromatic rings. The van der Waals surface area contributed by atoms with Crippen LogP contribution >= 0.6 is 0 Å². The van der Waals surface area contributed by atoms with Crippen LogP contribution in [0.25, 0.3) is 0 Å². The summed E-state index contributed by atoms with van der Waals surface area (Å²) in [6.07, 6.45) is 1.10. The lowest BCUT2D eigenvalue weighted by Gasteiger charge is -2.22. The Balaban J connectivity index is 1.61. The predicted octanol–water partition coefficient (Wildman–Crippen LogP) is 3.05. The molecule has 0 atom stereocenters. The highest BCUT2D eigenvalue weighted by atomic mass is 19.1. The summed E-state index contributed by atoms with van der Waals surface area (Å²) in [5, 5.41) is 0. The van der Waals surface area contributed by atoms with Crippen LogP contribution in [-0.4, -0.2) is 47.8 Å². The summed E-state index contributed by atoms with van der Waals surface area (Å²) in [4.78, 5) is 28.7. The zero-order chi connectivity index (χ0) is 18.5. The molecule has 4 nitrogen and oxygen atoms in total. The second kappa shape index (κ2) is 8.13. The lowest BCUT2D eigenvalue weighted by Crippen LogP contribution is -2.38. The average molecular weight is 354 g/mol. The molecule has 0 N–H and O–H groups in total. The van der Waals surface area contributed by atoms with Gasteiger partial charge in [0.05, 0.1) is 6.42 Å². The number of benzene rings is 2. The maximum Gasteiger partial charge on any atom is 0.254 e. The molecule has 0 bridgehead atoms. The van der Waals surface area contributed by atoms with Gasteiger partial charge in [-0.25, -0.2) is 4.39 Å². The van der Waals surface area contributed by atoms with Crippen molar-refractivity contribution in [2.24, 2.45) is 0 Å². The third kappa shape index (κ3) is 4.48.